The highest BCUT2D eigenvalue weighted by Crippen LogP contribution is 2.13. The maximum atomic E-state index is 9.43. The van der Waals surface area contributed by atoms with E-state index in [1.165, 1.54) is 0 Å². The molecule has 0 spiro atoms. The molecule has 0 aliphatic heterocycles. The lowest BCUT2D eigenvalue weighted by Gasteiger charge is -2.11. The second-order valence-corrected chi connectivity index (χ2v) is 4.06. The summed E-state index contributed by atoms with van der Waals surface area (Å²) in [6.45, 7) is 4.57. The average Bonchev–Trinajstić information content (AvgIpc) is 2.14. The van der Waals surface area contributed by atoms with Crippen LogP contribution in [0.15, 0.2) is 6.20 Å². The monoisotopic (exact) mass is 209 g/mol. The van der Waals surface area contributed by atoms with Crippen LogP contribution in [0.4, 0.5) is 0 Å². The Morgan fingerprint density at radius 2 is 2.13 bits per heavy atom. The van der Waals surface area contributed by atoms with Crippen LogP contribution in [0.5, 0.6) is 0 Å². The molecule has 0 aromatic carbocycles. The van der Waals surface area contributed by atoms with Crippen molar-refractivity contribution in [3.8, 4) is 0 Å². The van der Waals surface area contributed by atoms with Gasteiger partial charge in [0.05, 0.1) is 6.10 Å². The standard InChI is InChI=1S/C11H19N3O/c1-8-10(9(2)15)7-12-11(13-8)5-6-14(3)4/h7,9,15H,5-6H2,1-4H3/t9-/m0/s1. The lowest BCUT2D eigenvalue weighted by molar-refractivity contribution is 0.197. The Labute approximate surface area is 91.0 Å². The van der Waals surface area contributed by atoms with Crippen molar-refractivity contribution in [1.82, 2.24) is 14.9 Å². The minimum atomic E-state index is -0.493. The Balaban J connectivity index is 2.73. The summed E-state index contributed by atoms with van der Waals surface area (Å²) in [6, 6.07) is 0. The van der Waals surface area contributed by atoms with Gasteiger partial charge in [-0.15, -0.1) is 0 Å². The molecule has 4 heteroatoms. The molecule has 1 aromatic rings. The summed E-state index contributed by atoms with van der Waals surface area (Å²) in [5, 5.41) is 9.43. The van der Waals surface area contributed by atoms with E-state index >= 15 is 0 Å². The molecule has 0 saturated heterocycles. The van der Waals surface area contributed by atoms with Crippen LogP contribution in [-0.2, 0) is 6.42 Å². The fourth-order valence-corrected chi connectivity index (χ4v) is 1.38. The number of aliphatic hydroxyl groups excluding tert-OH is 1. The van der Waals surface area contributed by atoms with Crippen molar-refractivity contribution in [2.24, 2.45) is 0 Å². The van der Waals surface area contributed by atoms with Gasteiger partial charge < -0.3 is 10.0 Å². The van der Waals surface area contributed by atoms with Crippen LogP contribution in [0.1, 0.15) is 30.1 Å². The summed E-state index contributed by atoms with van der Waals surface area (Å²) in [7, 11) is 4.05. The van der Waals surface area contributed by atoms with E-state index in [0.717, 1.165) is 30.0 Å². The zero-order chi connectivity index (χ0) is 11.4. The Morgan fingerprint density at radius 3 is 2.60 bits per heavy atom. The molecule has 84 valence electrons. The molecule has 0 aliphatic carbocycles. The van der Waals surface area contributed by atoms with Crippen LogP contribution in [0.25, 0.3) is 0 Å². The van der Waals surface area contributed by atoms with E-state index in [9.17, 15) is 5.11 Å². The molecule has 1 atom stereocenters. The van der Waals surface area contributed by atoms with Crippen LogP contribution in [-0.4, -0.2) is 40.6 Å². The number of aryl methyl sites for hydroxylation is 1. The minimum Gasteiger partial charge on any atom is -0.389 e. The predicted molar refractivity (Wildman–Crippen MR) is 59.7 cm³/mol. The Bertz CT molecular complexity index is 324. The zero-order valence-corrected chi connectivity index (χ0v) is 9.86. The van der Waals surface area contributed by atoms with Gasteiger partial charge in [-0.3, -0.25) is 0 Å². The van der Waals surface area contributed by atoms with E-state index in [2.05, 4.69) is 14.9 Å². The van der Waals surface area contributed by atoms with Crippen LogP contribution in [0.2, 0.25) is 0 Å². The molecule has 1 aromatic heterocycles. The van der Waals surface area contributed by atoms with E-state index in [4.69, 9.17) is 0 Å². The molecule has 0 saturated carbocycles. The topological polar surface area (TPSA) is 49.2 Å². The third kappa shape index (κ3) is 3.57. The third-order valence-electron chi connectivity index (χ3n) is 2.30. The summed E-state index contributed by atoms with van der Waals surface area (Å²) in [4.78, 5) is 10.7. The number of hydrogen-bond acceptors (Lipinski definition) is 4. The highest BCUT2D eigenvalue weighted by atomic mass is 16.3. The molecule has 15 heavy (non-hydrogen) atoms. The lowest BCUT2D eigenvalue weighted by Crippen LogP contribution is -2.17. The van der Waals surface area contributed by atoms with Crippen LogP contribution in [0, 0.1) is 6.92 Å². The molecule has 0 radical (unpaired) electrons. The van der Waals surface area contributed by atoms with Gasteiger partial charge in [-0.05, 0) is 27.9 Å². The first-order chi connectivity index (χ1) is 7.00. The van der Waals surface area contributed by atoms with Gasteiger partial charge in [0, 0.05) is 30.4 Å². The molecule has 0 unspecified atom stereocenters. The van der Waals surface area contributed by atoms with Crippen molar-refractivity contribution in [3.05, 3.63) is 23.3 Å². The number of likely N-dealkylation sites (N-methyl/N-ethyl adjacent to an activating group) is 1. The molecule has 0 fully saturated rings. The summed E-state index contributed by atoms with van der Waals surface area (Å²) < 4.78 is 0. The van der Waals surface area contributed by atoms with Crippen LogP contribution in [0.3, 0.4) is 0 Å². The smallest absolute Gasteiger partial charge is 0.129 e. The van der Waals surface area contributed by atoms with E-state index in [0.29, 0.717) is 0 Å². The predicted octanol–water partition coefficient (Wildman–Crippen LogP) is 0.942. The summed E-state index contributed by atoms with van der Waals surface area (Å²) in [6.07, 6.45) is 2.07. The lowest BCUT2D eigenvalue weighted by atomic mass is 10.1. The van der Waals surface area contributed by atoms with Crippen molar-refractivity contribution in [1.29, 1.82) is 0 Å². The first kappa shape index (κ1) is 12.1. The number of aliphatic hydroxyl groups is 1. The maximum Gasteiger partial charge on any atom is 0.129 e. The molecule has 1 heterocycles. The Morgan fingerprint density at radius 1 is 1.47 bits per heavy atom. The van der Waals surface area contributed by atoms with Crippen LogP contribution >= 0.6 is 0 Å². The molecule has 1 rings (SSSR count). The summed E-state index contributed by atoms with van der Waals surface area (Å²) in [5.74, 6) is 0.839. The van der Waals surface area contributed by atoms with Gasteiger partial charge in [0.1, 0.15) is 5.82 Å². The third-order valence-corrected chi connectivity index (χ3v) is 2.30. The Hall–Kier alpha value is -1.00. The normalized spacial score (nSPS) is 13.2. The number of rotatable bonds is 4. The highest BCUT2D eigenvalue weighted by molar-refractivity contribution is 5.18. The van der Waals surface area contributed by atoms with Crippen molar-refractivity contribution >= 4 is 0 Å². The first-order valence-electron chi connectivity index (χ1n) is 5.16. The van der Waals surface area contributed by atoms with Gasteiger partial charge in [-0.1, -0.05) is 0 Å². The van der Waals surface area contributed by atoms with Gasteiger partial charge in [0.15, 0.2) is 0 Å². The molecule has 0 amide bonds. The van der Waals surface area contributed by atoms with Gasteiger partial charge in [0.2, 0.25) is 0 Å². The SMILES string of the molecule is Cc1nc(CCN(C)C)ncc1[C@H](C)O. The van der Waals surface area contributed by atoms with E-state index < -0.39 is 6.10 Å². The van der Waals surface area contributed by atoms with E-state index in [1.807, 2.05) is 21.0 Å². The van der Waals surface area contributed by atoms with Gasteiger partial charge in [-0.25, -0.2) is 9.97 Å². The average molecular weight is 209 g/mol. The van der Waals surface area contributed by atoms with Crippen molar-refractivity contribution < 1.29 is 5.11 Å². The number of nitrogens with zero attached hydrogens (tertiary/aromatic N) is 3. The van der Waals surface area contributed by atoms with Crippen LogP contribution < -0.4 is 0 Å². The number of hydrogen-bond donors (Lipinski definition) is 1. The molecule has 0 bridgehead atoms. The zero-order valence-electron chi connectivity index (χ0n) is 9.86. The highest BCUT2D eigenvalue weighted by Gasteiger charge is 2.07. The minimum absolute atomic E-state index is 0.493. The molecule has 0 aliphatic rings. The molecular weight excluding hydrogens is 190 g/mol. The summed E-state index contributed by atoms with van der Waals surface area (Å²) >= 11 is 0. The van der Waals surface area contributed by atoms with Crippen molar-refractivity contribution in [2.75, 3.05) is 20.6 Å². The van der Waals surface area contributed by atoms with Gasteiger partial charge in [0.25, 0.3) is 0 Å². The second-order valence-electron chi connectivity index (χ2n) is 4.06. The van der Waals surface area contributed by atoms with Crippen molar-refractivity contribution in [3.63, 3.8) is 0 Å². The second kappa shape index (κ2) is 5.19. The van der Waals surface area contributed by atoms with E-state index in [1.54, 1.807) is 13.1 Å². The summed E-state index contributed by atoms with van der Waals surface area (Å²) in [5.41, 5.74) is 1.68. The molecule has 4 nitrogen and oxygen atoms in total. The molecular formula is C11H19N3O. The van der Waals surface area contributed by atoms with Gasteiger partial charge >= 0.3 is 0 Å². The maximum absolute atomic E-state index is 9.43. The Kier molecular flexibility index (Phi) is 4.17. The molecule has 1 N–H and O–H groups in total. The van der Waals surface area contributed by atoms with E-state index in [-0.39, 0.29) is 0 Å². The fraction of sp³-hybridized carbons (Fsp3) is 0.636. The quantitative estimate of drug-likeness (QED) is 0.802. The largest absolute Gasteiger partial charge is 0.389 e. The van der Waals surface area contributed by atoms with Gasteiger partial charge in [-0.2, -0.15) is 0 Å². The number of aromatic nitrogens is 2. The van der Waals surface area contributed by atoms with Crippen molar-refractivity contribution in [2.45, 2.75) is 26.4 Å². The fourth-order valence-electron chi connectivity index (χ4n) is 1.38. The first-order valence-corrected chi connectivity index (χ1v) is 5.16.